The van der Waals surface area contributed by atoms with Crippen molar-refractivity contribution in [3.63, 3.8) is 0 Å². The van der Waals surface area contributed by atoms with Gasteiger partial charge in [-0.3, -0.25) is 4.79 Å². The highest BCUT2D eigenvalue weighted by Gasteiger charge is 2.21. The number of aliphatic carboxylic acids is 1. The lowest BCUT2D eigenvalue weighted by Crippen LogP contribution is -2.11. The van der Waals surface area contributed by atoms with Gasteiger partial charge in [0, 0.05) is 0 Å². The summed E-state index contributed by atoms with van der Waals surface area (Å²) in [7, 11) is 0. The predicted octanol–water partition coefficient (Wildman–Crippen LogP) is 2.28. The smallest absolute Gasteiger partial charge is 0.314 e. The molecule has 4 nitrogen and oxygen atoms in total. The third kappa shape index (κ3) is 1.76. The maximum absolute atomic E-state index is 12.9. The molecule has 1 atom stereocenters. The highest BCUT2D eigenvalue weighted by atomic mass is 19.1. The molecule has 0 aliphatic heterocycles. The van der Waals surface area contributed by atoms with Gasteiger partial charge in [-0.25, -0.2) is 9.37 Å². The lowest BCUT2D eigenvalue weighted by Gasteiger charge is -2.04. The number of imidazole rings is 1. The number of hydrogen-bond acceptors (Lipinski definition) is 2. The van der Waals surface area contributed by atoms with E-state index in [2.05, 4.69) is 9.97 Å². The molecular formula is C11H11FN2O2. The van der Waals surface area contributed by atoms with Crippen molar-refractivity contribution in [3.8, 4) is 0 Å². The van der Waals surface area contributed by atoms with Crippen molar-refractivity contribution in [1.29, 1.82) is 0 Å². The predicted molar refractivity (Wildman–Crippen MR) is 56.7 cm³/mol. The van der Waals surface area contributed by atoms with Crippen LogP contribution in [0.4, 0.5) is 4.39 Å². The van der Waals surface area contributed by atoms with Crippen LogP contribution in [0.2, 0.25) is 0 Å². The molecule has 0 bridgehead atoms. The molecule has 5 heteroatoms. The highest BCUT2D eigenvalue weighted by molar-refractivity contribution is 5.79. The second kappa shape index (κ2) is 3.92. The minimum absolute atomic E-state index is 0.369. The topological polar surface area (TPSA) is 66.0 Å². The zero-order valence-corrected chi connectivity index (χ0v) is 8.70. The number of H-pyrrole nitrogens is 1. The summed E-state index contributed by atoms with van der Waals surface area (Å²) < 4.78 is 12.9. The van der Waals surface area contributed by atoms with E-state index >= 15 is 0 Å². The fraction of sp³-hybridized carbons (Fsp3) is 0.273. The van der Waals surface area contributed by atoms with Crippen molar-refractivity contribution in [1.82, 2.24) is 9.97 Å². The van der Waals surface area contributed by atoms with Crippen molar-refractivity contribution in [2.45, 2.75) is 19.3 Å². The lowest BCUT2D eigenvalue weighted by molar-refractivity contribution is -0.139. The van der Waals surface area contributed by atoms with Crippen LogP contribution in [0.5, 0.6) is 0 Å². The van der Waals surface area contributed by atoms with Crippen LogP contribution in [0, 0.1) is 5.82 Å². The molecule has 16 heavy (non-hydrogen) atoms. The van der Waals surface area contributed by atoms with Gasteiger partial charge in [-0.15, -0.1) is 0 Å². The zero-order chi connectivity index (χ0) is 11.7. The first kappa shape index (κ1) is 10.6. The molecule has 84 valence electrons. The van der Waals surface area contributed by atoms with Gasteiger partial charge in [-0.2, -0.15) is 0 Å². The molecule has 0 saturated carbocycles. The molecule has 2 rings (SSSR count). The molecule has 1 heterocycles. The first-order valence-corrected chi connectivity index (χ1v) is 4.99. The highest BCUT2D eigenvalue weighted by Crippen LogP contribution is 2.21. The van der Waals surface area contributed by atoms with Crippen molar-refractivity contribution < 1.29 is 14.3 Å². The summed E-state index contributed by atoms with van der Waals surface area (Å²) in [5.74, 6) is -1.60. The Morgan fingerprint density at radius 3 is 3.00 bits per heavy atom. The number of nitrogens with one attached hydrogen (secondary N) is 1. The summed E-state index contributed by atoms with van der Waals surface area (Å²) in [5, 5.41) is 8.97. The van der Waals surface area contributed by atoms with Gasteiger partial charge >= 0.3 is 5.97 Å². The van der Waals surface area contributed by atoms with Crippen molar-refractivity contribution in [2.24, 2.45) is 0 Å². The summed E-state index contributed by atoms with van der Waals surface area (Å²) in [6.45, 7) is 1.77. The maximum atomic E-state index is 12.9. The third-order valence-corrected chi connectivity index (χ3v) is 2.50. The van der Waals surface area contributed by atoms with Crippen LogP contribution in [0.15, 0.2) is 18.2 Å². The molecule has 2 aromatic rings. The SMILES string of the molecule is CCC(C(=O)O)c1nc2ccc(F)cc2[nH]1. The first-order valence-electron chi connectivity index (χ1n) is 4.99. The van der Waals surface area contributed by atoms with Crippen molar-refractivity contribution in [3.05, 3.63) is 29.8 Å². The maximum Gasteiger partial charge on any atom is 0.314 e. The Kier molecular flexibility index (Phi) is 2.60. The van der Waals surface area contributed by atoms with Crippen LogP contribution in [-0.2, 0) is 4.79 Å². The number of hydrogen-bond donors (Lipinski definition) is 2. The van der Waals surface area contributed by atoms with Crippen molar-refractivity contribution in [2.75, 3.05) is 0 Å². The number of halogens is 1. The van der Waals surface area contributed by atoms with Gasteiger partial charge in [-0.1, -0.05) is 6.92 Å². The quantitative estimate of drug-likeness (QED) is 0.837. The van der Waals surface area contributed by atoms with E-state index in [4.69, 9.17) is 5.11 Å². The molecule has 0 aliphatic carbocycles. The average molecular weight is 222 g/mol. The second-order valence-electron chi connectivity index (χ2n) is 3.58. The van der Waals surface area contributed by atoms with Gasteiger partial charge in [0.2, 0.25) is 0 Å². The second-order valence-corrected chi connectivity index (χ2v) is 3.58. The minimum Gasteiger partial charge on any atom is -0.481 e. The number of nitrogens with zero attached hydrogens (tertiary/aromatic N) is 1. The van der Waals surface area contributed by atoms with Crippen molar-refractivity contribution >= 4 is 17.0 Å². The van der Waals surface area contributed by atoms with Gasteiger partial charge in [0.1, 0.15) is 17.6 Å². The van der Waals surface area contributed by atoms with Gasteiger partial charge in [0.25, 0.3) is 0 Å². The number of carbonyl (C=O) groups is 1. The van der Waals surface area contributed by atoms with E-state index in [9.17, 15) is 9.18 Å². The molecule has 0 fully saturated rings. The molecule has 1 aromatic heterocycles. The number of aromatic nitrogens is 2. The van der Waals surface area contributed by atoms with E-state index < -0.39 is 11.9 Å². The molecule has 1 aromatic carbocycles. The fourth-order valence-corrected chi connectivity index (χ4v) is 1.65. The van der Waals surface area contributed by atoms with Crippen LogP contribution in [0.1, 0.15) is 25.1 Å². The van der Waals surface area contributed by atoms with Crippen LogP contribution in [0.3, 0.4) is 0 Å². The third-order valence-electron chi connectivity index (χ3n) is 2.50. The summed E-state index contributed by atoms with van der Waals surface area (Å²) in [4.78, 5) is 17.9. The minimum atomic E-state index is -0.929. The lowest BCUT2D eigenvalue weighted by atomic mass is 10.1. The van der Waals surface area contributed by atoms with E-state index in [0.717, 1.165) is 0 Å². The molecule has 0 spiro atoms. The molecule has 0 saturated heterocycles. The number of rotatable bonds is 3. The monoisotopic (exact) mass is 222 g/mol. The fourth-order valence-electron chi connectivity index (χ4n) is 1.65. The Hall–Kier alpha value is -1.91. The van der Waals surface area contributed by atoms with Gasteiger partial charge in [-0.05, 0) is 24.6 Å². The van der Waals surface area contributed by atoms with E-state index in [1.165, 1.54) is 18.2 Å². The number of fused-ring (bicyclic) bond motifs is 1. The van der Waals surface area contributed by atoms with E-state index in [1.54, 1.807) is 6.92 Å². The van der Waals surface area contributed by atoms with Gasteiger partial charge < -0.3 is 10.1 Å². The molecule has 0 aliphatic rings. The normalized spacial score (nSPS) is 12.9. The Labute approximate surface area is 91.1 Å². The van der Waals surface area contributed by atoms with Crippen LogP contribution >= 0.6 is 0 Å². The first-order chi connectivity index (χ1) is 7.61. The Balaban J connectivity index is 2.49. The largest absolute Gasteiger partial charge is 0.481 e. The molecule has 0 amide bonds. The summed E-state index contributed by atoms with van der Waals surface area (Å²) >= 11 is 0. The Morgan fingerprint density at radius 1 is 1.62 bits per heavy atom. The van der Waals surface area contributed by atoms with Crippen LogP contribution in [-0.4, -0.2) is 21.0 Å². The zero-order valence-electron chi connectivity index (χ0n) is 8.70. The molecule has 2 N–H and O–H groups in total. The number of benzene rings is 1. The summed E-state index contributed by atoms with van der Waals surface area (Å²) in [5.41, 5.74) is 1.10. The summed E-state index contributed by atoms with van der Waals surface area (Å²) in [6.07, 6.45) is 0.442. The molecule has 1 unspecified atom stereocenters. The van der Waals surface area contributed by atoms with E-state index in [-0.39, 0.29) is 5.82 Å². The van der Waals surface area contributed by atoms with Gasteiger partial charge in [0.15, 0.2) is 0 Å². The van der Waals surface area contributed by atoms with E-state index in [1.807, 2.05) is 0 Å². The molecule has 0 radical (unpaired) electrons. The Morgan fingerprint density at radius 2 is 2.38 bits per heavy atom. The standard InChI is InChI=1S/C11H11FN2O2/c1-2-7(11(15)16)10-13-8-4-3-6(12)5-9(8)14-10/h3-5,7H,2H2,1H3,(H,13,14)(H,15,16). The number of carboxylic acid groups (broad SMARTS) is 1. The number of aromatic amines is 1. The average Bonchev–Trinajstić information content (AvgIpc) is 2.60. The van der Waals surface area contributed by atoms with Crippen LogP contribution in [0.25, 0.3) is 11.0 Å². The molecular weight excluding hydrogens is 211 g/mol. The van der Waals surface area contributed by atoms with Gasteiger partial charge in [0.05, 0.1) is 11.0 Å². The summed E-state index contributed by atoms with van der Waals surface area (Å²) in [6, 6.07) is 4.13. The van der Waals surface area contributed by atoms with E-state index in [0.29, 0.717) is 23.3 Å². The number of carboxylic acids is 1. The van der Waals surface area contributed by atoms with Crippen LogP contribution < -0.4 is 0 Å². The Bertz CT molecular complexity index is 536.